The molecule has 4 rings (SSSR count). The summed E-state index contributed by atoms with van der Waals surface area (Å²) in [6.45, 7) is 2.15. The van der Waals surface area contributed by atoms with Gasteiger partial charge in [0.15, 0.2) is 0 Å². The van der Waals surface area contributed by atoms with Crippen LogP contribution in [0.5, 0.6) is 5.75 Å². The fraction of sp³-hybridized carbons (Fsp3) is 0.154. The maximum absolute atomic E-state index is 13.5. The van der Waals surface area contributed by atoms with Crippen LogP contribution in [0, 0.1) is 0 Å². The number of hydrogen-bond acceptors (Lipinski definition) is 5. The van der Waals surface area contributed by atoms with E-state index >= 15 is 0 Å². The molecular weight excluding hydrogens is 416 g/mol. The number of pyridine rings is 2. The van der Waals surface area contributed by atoms with Gasteiger partial charge in [0, 0.05) is 41.6 Å². The zero-order valence-electron chi connectivity index (χ0n) is 18.5. The minimum Gasteiger partial charge on any atom is -0.497 e. The number of nitrogens with zero attached hydrogens (tertiary/aromatic N) is 3. The van der Waals surface area contributed by atoms with Gasteiger partial charge in [0.2, 0.25) is 5.91 Å². The lowest BCUT2D eigenvalue weighted by Crippen LogP contribution is -2.38. The second kappa shape index (κ2) is 9.91. The first-order valence-corrected chi connectivity index (χ1v) is 10.6. The molecule has 0 spiro atoms. The number of ether oxygens (including phenoxy) is 1. The second-order valence-electron chi connectivity index (χ2n) is 7.41. The van der Waals surface area contributed by atoms with Crippen molar-refractivity contribution in [3.8, 4) is 17.0 Å². The van der Waals surface area contributed by atoms with Crippen molar-refractivity contribution >= 4 is 28.4 Å². The van der Waals surface area contributed by atoms with E-state index in [-0.39, 0.29) is 18.4 Å². The van der Waals surface area contributed by atoms with E-state index in [9.17, 15) is 9.59 Å². The molecule has 0 fully saturated rings. The fourth-order valence-electron chi connectivity index (χ4n) is 3.59. The Hall–Kier alpha value is -4.26. The number of carbonyl (C=O) groups excluding carboxylic acids is 2. The number of aromatic nitrogens is 2. The molecule has 0 saturated heterocycles. The number of benzene rings is 2. The van der Waals surface area contributed by atoms with E-state index in [1.165, 1.54) is 4.90 Å². The van der Waals surface area contributed by atoms with E-state index in [1.54, 1.807) is 49.8 Å². The number of anilines is 1. The lowest BCUT2D eigenvalue weighted by atomic mass is 10.0. The molecule has 7 heteroatoms. The Morgan fingerprint density at radius 1 is 1.03 bits per heavy atom. The van der Waals surface area contributed by atoms with Crippen molar-refractivity contribution < 1.29 is 14.3 Å². The standard InChI is InChI=1S/C26H24N4O3/c1-3-30(17-25(31)28-19-9-6-10-20(14-19)33-2)26(32)22-15-24(18-8-7-13-27-16-18)29-23-12-5-4-11-21(22)23/h4-16H,3,17H2,1-2H3,(H,28,31). The summed E-state index contributed by atoms with van der Waals surface area (Å²) in [6.07, 6.45) is 3.40. The molecule has 2 amide bonds. The lowest BCUT2D eigenvalue weighted by Gasteiger charge is -2.21. The summed E-state index contributed by atoms with van der Waals surface area (Å²) in [5.74, 6) is 0.119. The van der Waals surface area contributed by atoms with Crippen molar-refractivity contribution in [3.63, 3.8) is 0 Å². The summed E-state index contributed by atoms with van der Waals surface area (Å²) >= 11 is 0. The molecule has 166 valence electrons. The van der Waals surface area contributed by atoms with Crippen molar-refractivity contribution in [1.82, 2.24) is 14.9 Å². The Morgan fingerprint density at radius 3 is 2.64 bits per heavy atom. The summed E-state index contributed by atoms with van der Waals surface area (Å²) in [6, 6.07) is 20.1. The molecule has 0 saturated carbocycles. The van der Waals surface area contributed by atoms with Gasteiger partial charge in [-0.1, -0.05) is 24.3 Å². The first kappa shape index (κ1) is 22.0. The zero-order chi connectivity index (χ0) is 23.2. The van der Waals surface area contributed by atoms with Gasteiger partial charge in [0.1, 0.15) is 12.3 Å². The third-order valence-electron chi connectivity index (χ3n) is 5.26. The summed E-state index contributed by atoms with van der Waals surface area (Å²) in [5.41, 5.74) is 3.28. The number of likely N-dealkylation sites (N-methyl/N-ethyl adjacent to an activating group) is 1. The molecule has 2 aromatic carbocycles. The zero-order valence-corrected chi connectivity index (χ0v) is 18.5. The van der Waals surface area contributed by atoms with Crippen LogP contribution >= 0.6 is 0 Å². The number of nitrogens with one attached hydrogen (secondary N) is 1. The van der Waals surface area contributed by atoms with Crippen LogP contribution in [0.2, 0.25) is 0 Å². The van der Waals surface area contributed by atoms with Gasteiger partial charge >= 0.3 is 0 Å². The molecule has 0 radical (unpaired) electrons. The quantitative estimate of drug-likeness (QED) is 0.460. The van der Waals surface area contributed by atoms with Crippen LogP contribution in [0.25, 0.3) is 22.2 Å². The number of para-hydroxylation sites is 1. The topological polar surface area (TPSA) is 84.4 Å². The van der Waals surface area contributed by atoms with E-state index in [4.69, 9.17) is 9.72 Å². The molecular formula is C26H24N4O3. The summed E-state index contributed by atoms with van der Waals surface area (Å²) in [7, 11) is 1.57. The van der Waals surface area contributed by atoms with Crippen LogP contribution in [0.3, 0.4) is 0 Å². The molecule has 2 aromatic heterocycles. The normalized spacial score (nSPS) is 10.6. The average molecular weight is 441 g/mol. The van der Waals surface area contributed by atoms with E-state index in [1.807, 2.05) is 43.3 Å². The first-order valence-electron chi connectivity index (χ1n) is 10.6. The maximum Gasteiger partial charge on any atom is 0.255 e. The number of fused-ring (bicyclic) bond motifs is 1. The van der Waals surface area contributed by atoms with Crippen molar-refractivity contribution in [2.24, 2.45) is 0 Å². The van der Waals surface area contributed by atoms with Gasteiger partial charge in [0.25, 0.3) is 5.91 Å². The number of methoxy groups -OCH3 is 1. The minimum atomic E-state index is -0.288. The smallest absolute Gasteiger partial charge is 0.255 e. The number of carbonyl (C=O) groups is 2. The Labute approximate surface area is 192 Å². The highest BCUT2D eigenvalue weighted by molar-refractivity contribution is 6.08. The van der Waals surface area contributed by atoms with Crippen LogP contribution < -0.4 is 10.1 Å². The van der Waals surface area contributed by atoms with Gasteiger partial charge in [-0.05, 0) is 43.3 Å². The highest BCUT2D eigenvalue weighted by Gasteiger charge is 2.21. The molecule has 4 aromatic rings. The van der Waals surface area contributed by atoms with Crippen molar-refractivity contribution in [1.29, 1.82) is 0 Å². The predicted molar refractivity (Wildman–Crippen MR) is 128 cm³/mol. The molecule has 0 aliphatic heterocycles. The summed E-state index contributed by atoms with van der Waals surface area (Å²) < 4.78 is 5.20. The summed E-state index contributed by atoms with van der Waals surface area (Å²) in [4.78, 5) is 36.6. The first-order chi connectivity index (χ1) is 16.1. The number of amides is 2. The van der Waals surface area contributed by atoms with Gasteiger partial charge in [-0.2, -0.15) is 0 Å². The Balaban J connectivity index is 1.62. The Kier molecular flexibility index (Phi) is 6.59. The fourth-order valence-corrected chi connectivity index (χ4v) is 3.59. The lowest BCUT2D eigenvalue weighted by molar-refractivity contribution is -0.116. The van der Waals surface area contributed by atoms with Crippen LogP contribution in [-0.2, 0) is 4.79 Å². The monoisotopic (exact) mass is 440 g/mol. The van der Waals surface area contributed by atoms with Gasteiger partial charge in [0.05, 0.1) is 23.9 Å². The molecule has 1 N–H and O–H groups in total. The average Bonchev–Trinajstić information content (AvgIpc) is 2.86. The third kappa shape index (κ3) is 4.98. The molecule has 2 heterocycles. The van der Waals surface area contributed by atoms with E-state index in [2.05, 4.69) is 10.3 Å². The highest BCUT2D eigenvalue weighted by Crippen LogP contribution is 2.25. The molecule has 0 unspecified atom stereocenters. The molecule has 0 aliphatic rings. The van der Waals surface area contributed by atoms with Gasteiger partial charge in [-0.3, -0.25) is 14.6 Å². The molecule has 7 nitrogen and oxygen atoms in total. The summed E-state index contributed by atoms with van der Waals surface area (Å²) in [5, 5.41) is 3.57. The molecule has 0 aliphatic carbocycles. The van der Waals surface area contributed by atoms with E-state index < -0.39 is 0 Å². The maximum atomic E-state index is 13.5. The Bertz CT molecular complexity index is 1290. The number of hydrogen-bond donors (Lipinski definition) is 1. The Morgan fingerprint density at radius 2 is 1.88 bits per heavy atom. The molecule has 0 atom stereocenters. The van der Waals surface area contributed by atoms with Crippen molar-refractivity contribution in [3.05, 3.63) is 84.7 Å². The highest BCUT2D eigenvalue weighted by atomic mass is 16.5. The van der Waals surface area contributed by atoms with E-state index in [0.717, 1.165) is 10.9 Å². The van der Waals surface area contributed by atoms with Crippen molar-refractivity contribution in [2.45, 2.75) is 6.92 Å². The van der Waals surface area contributed by atoms with Crippen molar-refractivity contribution in [2.75, 3.05) is 25.5 Å². The van der Waals surface area contributed by atoms with Crippen LogP contribution in [0.4, 0.5) is 5.69 Å². The third-order valence-corrected chi connectivity index (χ3v) is 5.26. The second-order valence-corrected chi connectivity index (χ2v) is 7.41. The number of rotatable bonds is 7. The largest absolute Gasteiger partial charge is 0.497 e. The molecule has 33 heavy (non-hydrogen) atoms. The van der Waals surface area contributed by atoms with Crippen LogP contribution in [-0.4, -0.2) is 46.9 Å². The minimum absolute atomic E-state index is 0.0780. The SMILES string of the molecule is CCN(CC(=O)Nc1cccc(OC)c1)C(=O)c1cc(-c2cccnc2)nc2ccccc12. The van der Waals surface area contributed by atoms with Crippen LogP contribution in [0.1, 0.15) is 17.3 Å². The van der Waals surface area contributed by atoms with Gasteiger partial charge < -0.3 is 15.0 Å². The van der Waals surface area contributed by atoms with E-state index in [0.29, 0.717) is 34.8 Å². The molecule has 0 bridgehead atoms. The predicted octanol–water partition coefficient (Wildman–Crippen LogP) is 4.41. The van der Waals surface area contributed by atoms with Crippen LogP contribution in [0.15, 0.2) is 79.1 Å². The van der Waals surface area contributed by atoms with Gasteiger partial charge in [-0.15, -0.1) is 0 Å². The van der Waals surface area contributed by atoms with Gasteiger partial charge in [-0.25, -0.2) is 4.98 Å².